The van der Waals surface area contributed by atoms with Crippen molar-refractivity contribution in [3.63, 3.8) is 0 Å². The molecule has 2 aromatic rings. The van der Waals surface area contributed by atoms with Gasteiger partial charge in [-0.1, -0.05) is 179 Å². The number of hydrogen-bond acceptors (Lipinski definition) is 6. The van der Waals surface area contributed by atoms with E-state index in [1.807, 2.05) is 0 Å². The maximum atomic E-state index is 14.8. The molecule has 0 radical (unpaired) electrons. The third kappa shape index (κ3) is 15.6. The minimum absolute atomic E-state index is 0.00705. The second-order valence-electron chi connectivity index (χ2n) is 25.7. The van der Waals surface area contributed by atoms with Crippen molar-refractivity contribution in [2.75, 3.05) is 46.9 Å². The fourth-order valence-electron chi connectivity index (χ4n) is 9.98. The molecule has 0 aliphatic rings. The third-order valence-corrected chi connectivity index (χ3v) is 16.6. The van der Waals surface area contributed by atoms with Gasteiger partial charge in [0.25, 0.3) is 0 Å². The van der Waals surface area contributed by atoms with E-state index in [9.17, 15) is 9.59 Å². The molecule has 0 aromatic heterocycles. The van der Waals surface area contributed by atoms with E-state index in [0.717, 1.165) is 25.8 Å². The molecule has 0 amide bonds. The number of esters is 2. The predicted octanol–water partition coefficient (Wildman–Crippen LogP) is 15.0. The quantitative estimate of drug-likeness (QED) is 0.0562. The van der Waals surface area contributed by atoms with E-state index < -0.39 is 11.3 Å². The molecule has 0 bridgehead atoms. The average Bonchev–Trinajstić information content (AvgIpc) is 3.16. The molecule has 6 nitrogen and oxygen atoms in total. The Morgan fingerprint density at radius 2 is 1.03 bits per heavy atom. The Labute approximate surface area is 399 Å². The number of halogens is 1. The van der Waals surface area contributed by atoms with Crippen LogP contribution in [0.25, 0.3) is 0 Å². The molecule has 0 spiro atoms. The summed E-state index contributed by atoms with van der Waals surface area (Å²) < 4.78 is 17.2. The standard InChI is InChI=1S/C57H96ClNO5/c1-50(2,3)35-44(48(60)63-32-31-58)36-52(7,8)53(9,10)38-46(42-25-23-22-24-26-42)56(15,16)55(13,14)39-47(49(61)64-34-33-62-21)57(17,18)54(11,12)37-45(51(4,5)6)43-29-27-41(28-30-43)40-59(19)20/h22-30,44-47H,31-40H2,1-21H3. The van der Waals surface area contributed by atoms with Gasteiger partial charge in [0.1, 0.15) is 13.2 Å². The summed E-state index contributed by atoms with van der Waals surface area (Å²) in [5, 5.41) is 0. The first-order valence-electron chi connectivity index (χ1n) is 24.2. The SMILES string of the molecule is COCCOC(=O)C(CC(C)(C)C(C)(C)C(CC(C)(C)C(C)(C)CC(CC(C)(C)C)C(=O)OCCCl)c1ccccc1)C(C)(C)C(C)(C)CC(c1ccc(CN(C)C)cc1)C(C)(C)C. The molecule has 7 heteroatoms. The zero-order valence-electron chi connectivity index (χ0n) is 44.9. The maximum Gasteiger partial charge on any atom is 0.309 e. The topological polar surface area (TPSA) is 65.1 Å². The van der Waals surface area contributed by atoms with Gasteiger partial charge in [-0.15, -0.1) is 11.6 Å². The Morgan fingerprint density at radius 3 is 1.52 bits per heavy atom. The predicted molar refractivity (Wildman–Crippen MR) is 272 cm³/mol. The Kier molecular flexibility index (Phi) is 20.4. The highest BCUT2D eigenvalue weighted by Gasteiger charge is 2.55. The monoisotopic (exact) mass is 910 g/mol. The first kappa shape index (κ1) is 57.7. The van der Waals surface area contributed by atoms with E-state index in [2.05, 4.69) is 198 Å². The zero-order chi connectivity index (χ0) is 49.3. The molecule has 4 unspecified atom stereocenters. The highest BCUT2D eigenvalue weighted by Crippen LogP contribution is 2.62. The van der Waals surface area contributed by atoms with Crippen LogP contribution in [0.5, 0.6) is 0 Å². The smallest absolute Gasteiger partial charge is 0.309 e. The minimum Gasteiger partial charge on any atom is -0.464 e. The lowest BCUT2D eigenvalue weighted by atomic mass is 9.49. The van der Waals surface area contributed by atoms with Crippen LogP contribution >= 0.6 is 11.6 Å². The molecular formula is C57H96ClNO5. The molecule has 4 atom stereocenters. The van der Waals surface area contributed by atoms with Crippen LogP contribution in [0.2, 0.25) is 0 Å². The van der Waals surface area contributed by atoms with E-state index in [0.29, 0.717) is 19.4 Å². The summed E-state index contributed by atoms with van der Waals surface area (Å²) >= 11 is 5.97. The number of hydrogen-bond donors (Lipinski definition) is 0. The average molecular weight is 911 g/mol. The second-order valence-corrected chi connectivity index (χ2v) is 26.1. The van der Waals surface area contributed by atoms with Crippen LogP contribution in [0.1, 0.15) is 185 Å². The van der Waals surface area contributed by atoms with Crippen LogP contribution in [-0.4, -0.2) is 63.7 Å². The van der Waals surface area contributed by atoms with E-state index in [4.69, 9.17) is 25.8 Å². The van der Waals surface area contributed by atoms with Crippen LogP contribution in [0.4, 0.5) is 0 Å². The number of carbonyl (C=O) groups excluding carboxylic acids is 2. The third-order valence-electron chi connectivity index (χ3n) is 16.4. The molecule has 0 N–H and O–H groups in total. The zero-order valence-corrected chi connectivity index (χ0v) is 45.7. The van der Waals surface area contributed by atoms with Crippen molar-refractivity contribution in [2.24, 2.45) is 55.2 Å². The Hall–Kier alpha value is -2.41. The van der Waals surface area contributed by atoms with Crippen molar-refractivity contribution in [1.82, 2.24) is 4.90 Å². The summed E-state index contributed by atoms with van der Waals surface area (Å²) in [5.74, 6) is -0.255. The number of nitrogens with zero attached hydrogens (tertiary/aromatic N) is 1. The van der Waals surface area contributed by atoms with Crippen LogP contribution < -0.4 is 0 Å². The van der Waals surface area contributed by atoms with Gasteiger partial charge in [0, 0.05) is 13.7 Å². The lowest BCUT2D eigenvalue weighted by Gasteiger charge is -2.55. The lowest BCUT2D eigenvalue weighted by Crippen LogP contribution is -2.49. The van der Waals surface area contributed by atoms with E-state index >= 15 is 0 Å². The van der Waals surface area contributed by atoms with Gasteiger partial charge in [-0.05, 0) is 118 Å². The van der Waals surface area contributed by atoms with Gasteiger partial charge in [-0.2, -0.15) is 0 Å². The normalized spacial score (nSPS) is 15.7. The molecule has 0 aliphatic heterocycles. The Bertz CT molecular complexity index is 1730. The summed E-state index contributed by atoms with van der Waals surface area (Å²) in [7, 11) is 5.86. The summed E-state index contributed by atoms with van der Waals surface area (Å²) in [4.78, 5) is 30.6. The second kappa shape index (κ2) is 22.6. The van der Waals surface area contributed by atoms with E-state index in [1.165, 1.54) is 16.7 Å². The fraction of sp³-hybridized carbons (Fsp3) is 0.754. The summed E-state index contributed by atoms with van der Waals surface area (Å²) in [6.07, 6.45) is 3.89. The lowest BCUT2D eigenvalue weighted by molar-refractivity contribution is -0.162. The van der Waals surface area contributed by atoms with Gasteiger partial charge in [0.05, 0.1) is 24.3 Å². The Balaban J connectivity index is 2.71. The highest BCUT2D eigenvalue weighted by molar-refractivity contribution is 6.18. The number of alkyl halides is 1. The number of rotatable bonds is 25. The molecule has 0 heterocycles. The number of benzene rings is 2. The molecule has 2 aromatic carbocycles. The van der Waals surface area contributed by atoms with Gasteiger partial charge in [-0.3, -0.25) is 9.59 Å². The molecule has 0 saturated carbocycles. The first-order chi connectivity index (χ1) is 29.1. The summed E-state index contributed by atoms with van der Waals surface area (Å²) in [6.45, 7) is 43.7. The van der Waals surface area contributed by atoms with Crippen molar-refractivity contribution >= 4 is 23.5 Å². The van der Waals surface area contributed by atoms with Gasteiger partial charge < -0.3 is 19.1 Å². The van der Waals surface area contributed by atoms with E-state index in [-0.39, 0.29) is 86.7 Å². The maximum absolute atomic E-state index is 14.8. The van der Waals surface area contributed by atoms with Gasteiger partial charge >= 0.3 is 11.9 Å². The summed E-state index contributed by atoms with van der Waals surface area (Å²) in [5.41, 5.74) is 2.11. The number of methoxy groups -OCH3 is 1. The van der Waals surface area contributed by atoms with Crippen molar-refractivity contribution in [3.8, 4) is 0 Å². The van der Waals surface area contributed by atoms with E-state index in [1.54, 1.807) is 7.11 Å². The molecule has 64 heavy (non-hydrogen) atoms. The first-order valence-corrected chi connectivity index (χ1v) is 24.8. The van der Waals surface area contributed by atoms with Crippen molar-refractivity contribution < 1.29 is 23.8 Å². The van der Waals surface area contributed by atoms with Gasteiger partial charge in [0.15, 0.2) is 0 Å². The highest BCUT2D eigenvalue weighted by atomic mass is 35.5. The van der Waals surface area contributed by atoms with Crippen molar-refractivity contribution in [1.29, 1.82) is 0 Å². The van der Waals surface area contributed by atoms with Crippen LogP contribution in [0.3, 0.4) is 0 Å². The largest absolute Gasteiger partial charge is 0.464 e. The van der Waals surface area contributed by atoms with Crippen LogP contribution in [-0.2, 0) is 30.3 Å². The van der Waals surface area contributed by atoms with Crippen molar-refractivity contribution in [2.45, 2.75) is 175 Å². The summed E-state index contributed by atoms with van der Waals surface area (Å²) in [6, 6.07) is 20.2. The molecular weight excluding hydrogens is 814 g/mol. The minimum atomic E-state index is -0.456. The van der Waals surface area contributed by atoms with Gasteiger partial charge in [-0.25, -0.2) is 0 Å². The van der Waals surface area contributed by atoms with Crippen LogP contribution in [0, 0.1) is 55.2 Å². The molecule has 366 valence electrons. The van der Waals surface area contributed by atoms with Gasteiger partial charge in [0.2, 0.25) is 0 Å². The number of carbonyl (C=O) groups is 2. The molecule has 0 saturated heterocycles. The van der Waals surface area contributed by atoms with Crippen molar-refractivity contribution in [3.05, 3.63) is 71.3 Å². The molecule has 0 fully saturated rings. The Morgan fingerprint density at radius 1 is 0.547 bits per heavy atom. The molecule has 2 rings (SSSR count). The number of ether oxygens (including phenoxy) is 3. The van der Waals surface area contributed by atoms with Crippen LogP contribution in [0.15, 0.2) is 54.6 Å². The molecule has 0 aliphatic carbocycles. The fourth-order valence-corrected chi connectivity index (χ4v) is 10.1.